The van der Waals surface area contributed by atoms with Crippen LogP contribution in [0.15, 0.2) is 23.1 Å². The van der Waals surface area contributed by atoms with Crippen molar-refractivity contribution in [3.63, 3.8) is 0 Å². The molecular weight excluding hydrogens is 425 g/mol. The van der Waals surface area contributed by atoms with E-state index in [4.69, 9.17) is 11.6 Å². The lowest BCUT2D eigenvalue weighted by Crippen LogP contribution is -2.46. The number of alkyl halides is 3. The highest BCUT2D eigenvalue weighted by Crippen LogP contribution is 2.35. The van der Waals surface area contributed by atoms with Crippen LogP contribution in [0.3, 0.4) is 0 Å². The third-order valence-corrected chi connectivity index (χ3v) is 5.18. The zero-order valence-electron chi connectivity index (χ0n) is 15.3. The summed E-state index contributed by atoms with van der Waals surface area (Å²) >= 11 is 5.52. The Morgan fingerprint density at radius 1 is 1.25 bits per heavy atom. The Morgan fingerprint density at radius 3 is 2.36 bits per heavy atom. The number of amides is 1. The fourth-order valence-corrected chi connectivity index (χ4v) is 3.63. The summed E-state index contributed by atoms with van der Waals surface area (Å²) < 4.78 is 70.1. The molecule has 12 heteroatoms. The molecule has 0 spiro atoms. The zero-order valence-corrected chi connectivity index (χ0v) is 16.8. The number of hydrogen-bond acceptors (Lipinski definition) is 5. The number of benzene rings is 1. The molecule has 0 fully saturated rings. The minimum Gasteiger partial charge on any atom is -0.467 e. The van der Waals surface area contributed by atoms with Crippen molar-refractivity contribution in [3.05, 3.63) is 28.8 Å². The second-order valence-electron chi connectivity index (χ2n) is 6.24. The second-order valence-corrected chi connectivity index (χ2v) is 8.41. The molecule has 0 aliphatic carbocycles. The number of methoxy groups -OCH3 is 1. The van der Waals surface area contributed by atoms with E-state index in [1.54, 1.807) is 18.6 Å². The van der Waals surface area contributed by atoms with Gasteiger partial charge in [0.25, 0.3) is 0 Å². The van der Waals surface area contributed by atoms with E-state index in [1.165, 1.54) is 0 Å². The Hall–Kier alpha value is -1.85. The number of rotatable bonds is 8. The quantitative estimate of drug-likeness (QED) is 0.599. The minimum absolute atomic E-state index is 0.0181. The van der Waals surface area contributed by atoms with Gasteiger partial charge in [-0.1, -0.05) is 25.4 Å². The number of esters is 1. The molecule has 0 aliphatic rings. The first-order valence-corrected chi connectivity index (χ1v) is 9.87. The molecule has 0 bridgehead atoms. The van der Waals surface area contributed by atoms with Gasteiger partial charge in [-0.3, -0.25) is 4.79 Å². The smallest absolute Gasteiger partial charge is 0.417 e. The van der Waals surface area contributed by atoms with Gasteiger partial charge < -0.3 is 10.1 Å². The van der Waals surface area contributed by atoms with Gasteiger partial charge in [0.05, 0.1) is 24.1 Å². The van der Waals surface area contributed by atoms with Crippen LogP contribution >= 0.6 is 11.6 Å². The molecule has 0 heterocycles. The molecule has 1 aromatic carbocycles. The van der Waals surface area contributed by atoms with Crippen molar-refractivity contribution in [1.82, 2.24) is 10.0 Å². The number of carbonyl (C=O) groups is 2. The lowest BCUT2D eigenvalue weighted by Gasteiger charge is -2.19. The van der Waals surface area contributed by atoms with Gasteiger partial charge >= 0.3 is 12.1 Å². The van der Waals surface area contributed by atoms with Crippen LogP contribution in [-0.2, 0) is 30.5 Å². The van der Waals surface area contributed by atoms with E-state index < -0.39 is 51.1 Å². The van der Waals surface area contributed by atoms with Gasteiger partial charge in [-0.25, -0.2) is 17.9 Å². The Morgan fingerprint density at radius 2 is 1.86 bits per heavy atom. The summed E-state index contributed by atoms with van der Waals surface area (Å²) in [5, 5.41) is 2.00. The van der Waals surface area contributed by atoms with E-state index in [-0.39, 0.29) is 17.4 Å². The number of nitrogens with one attached hydrogen (secondary N) is 2. The van der Waals surface area contributed by atoms with E-state index in [9.17, 15) is 31.2 Å². The molecule has 0 saturated heterocycles. The molecular formula is C16H20ClF3N2O5S. The maximum Gasteiger partial charge on any atom is 0.417 e. The highest BCUT2D eigenvalue weighted by Gasteiger charge is 2.37. The van der Waals surface area contributed by atoms with Crippen molar-refractivity contribution in [2.75, 3.05) is 13.7 Å². The van der Waals surface area contributed by atoms with Gasteiger partial charge in [0.15, 0.2) is 0 Å². The maximum atomic E-state index is 13.1. The lowest BCUT2D eigenvalue weighted by molar-refractivity contribution is -0.145. The van der Waals surface area contributed by atoms with Crippen LogP contribution in [0.2, 0.25) is 5.02 Å². The van der Waals surface area contributed by atoms with E-state index >= 15 is 0 Å². The number of ether oxygens (including phenoxy) is 1. The molecule has 0 radical (unpaired) electrons. The normalized spacial score (nSPS) is 13.3. The van der Waals surface area contributed by atoms with Crippen molar-refractivity contribution < 1.29 is 35.9 Å². The number of halogens is 4. The molecule has 1 atom stereocenters. The Bertz CT molecular complexity index is 828. The van der Waals surface area contributed by atoms with Crippen LogP contribution in [0.25, 0.3) is 0 Å². The van der Waals surface area contributed by atoms with Crippen LogP contribution in [0, 0.1) is 5.92 Å². The maximum absolute atomic E-state index is 13.1. The summed E-state index contributed by atoms with van der Waals surface area (Å²) in [6.45, 7) is 2.72. The van der Waals surface area contributed by atoms with Gasteiger partial charge in [0.1, 0.15) is 6.04 Å². The molecule has 28 heavy (non-hydrogen) atoms. The zero-order chi connectivity index (χ0) is 21.7. The summed E-state index contributed by atoms with van der Waals surface area (Å²) in [4.78, 5) is 22.6. The van der Waals surface area contributed by atoms with Gasteiger partial charge in [-0.2, -0.15) is 13.2 Å². The third kappa shape index (κ3) is 6.95. The standard InChI is InChI=1S/C16H20ClF3N2O5S/c1-9(2)6-12(15(24)27-3)22-14(23)8-21-28(25,26)13-5-4-10(17)7-11(13)16(18,19)20/h4-5,7,9,12,21H,6,8H2,1-3H3,(H,22,23)/t12-/m0/s1. The number of hydrogen-bond donors (Lipinski definition) is 2. The van der Waals surface area contributed by atoms with Crippen molar-refractivity contribution in [2.24, 2.45) is 5.92 Å². The predicted molar refractivity (Wildman–Crippen MR) is 95.0 cm³/mol. The highest BCUT2D eigenvalue weighted by atomic mass is 35.5. The van der Waals surface area contributed by atoms with Crippen LogP contribution in [0.5, 0.6) is 0 Å². The first-order chi connectivity index (χ1) is 12.8. The highest BCUT2D eigenvalue weighted by molar-refractivity contribution is 7.89. The molecule has 158 valence electrons. The summed E-state index contributed by atoms with van der Waals surface area (Å²) in [6.07, 6.45) is -4.73. The topological polar surface area (TPSA) is 102 Å². The molecule has 1 rings (SSSR count). The van der Waals surface area contributed by atoms with Crippen molar-refractivity contribution >= 4 is 33.5 Å². The van der Waals surface area contributed by atoms with Crippen LogP contribution in [0.1, 0.15) is 25.8 Å². The van der Waals surface area contributed by atoms with Gasteiger partial charge in [0.2, 0.25) is 15.9 Å². The predicted octanol–water partition coefficient (Wildman–Crippen LogP) is 2.34. The molecule has 0 saturated carbocycles. The van der Waals surface area contributed by atoms with Crippen molar-refractivity contribution in [3.8, 4) is 0 Å². The first kappa shape index (κ1) is 24.2. The van der Waals surface area contributed by atoms with Gasteiger partial charge in [-0.05, 0) is 30.5 Å². The Kier molecular flexibility index (Phi) is 8.27. The fraction of sp³-hybridized carbons (Fsp3) is 0.500. The monoisotopic (exact) mass is 444 g/mol. The number of sulfonamides is 1. The average molecular weight is 445 g/mol. The van der Waals surface area contributed by atoms with Crippen molar-refractivity contribution in [2.45, 2.75) is 37.4 Å². The van der Waals surface area contributed by atoms with Gasteiger partial charge in [0, 0.05) is 5.02 Å². The molecule has 2 N–H and O–H groups in total. The summed E-state index contributed by atoms with van der Waals surface area (Å²) in [5.74, 6) is -1.60. The molecule has 0 aliphatic heterocycles. The lowest BCUT2D eigenvalue weighted by atomic mass is 10.0. The van der Waals surface area contributed by atoms with Crippen LogP contribution < -0.4 is 10.0 Å². The van der Waals surface area contributed by atoms with Gasteiger partial charge in [-0.15, -0.1) is 0 Å². The Balaban J connectivity index is 2.94. The first-order valence-electron chi connectivity index (χ1n) is 8.01. The minimum atomic E-state index is -4.97. The summed E-state index contributed by atoms with van der Waals surface area (Å²) in [7, 11) is -3.55. The average Bonchev–Trinajstić information content (AvgIpc) is 2.57. The van der Waals surface area contributed by atoms with Crippen molar-refractivity contribution in [1.29, 1.82) is 0 Å². The van der Waals surface area contributed by atoms with Crippen LogP contribution in [-0.4, -0.2) is 40.0 Å². The number of carbonyl (C=O) groups excluding carboxylic acids is 2. The summed E-state index contributed by atoms with van der Waals surface area (Å²) in [5.41, 5.74) is -1.46. The third-order valence-electron chi connectivity index (χ3n) is 3.49. The van der Waals surface area contributed by atoms with E-state index in [0.717, 1.165) is 13.2 Å². The second kappa shape index (κ2) is 9.57. The SMILES string of the molecule is COC(=O)[C@H](CC(C)C)NC(=O)CNS(=O)(=O)c1ccc(Cl)cc1C(F)(F)F. The summed E-state index contributed by atoms with van der Waals surface area (Å²) in [6, 6.07) is 1.15. The molecule has 0 aromatic heterocycles. The van der Waals surface area contributed by atoms with E-state index in [0.29, 0.717) is 12.1 Å². The van der Waals surface area contributed by atoms with E-state index in [1.807, 2.05) is 0 Å². The molecule has 1 amide bonds. The molecule has 0 unspecified atom stereocenters. The molecule has 1 aromatic rings. The fourth-order valence-electron chi connectivity index (χ4n) is 2.27. The molecule has 7 nitrogen and oxygen atoms in total. The van der Waals surface area contributed by atoms with Crippen LogP contribution in [0.4, 0.5) is 13.2 Å². The van der Waals surface area contributed by atoms with E-state index in [2.05, 4.69) is 10.1 Å². The Labute approximate surface area is 165 Å². The largest absolute Gasteiger partial charge is 0.467 e.